The molecule has 3 rings (SSSR count). The highest BCUT2D eigenvalue weighted by Crippen LogP contribution is 2.26. The summed E-state index contributed by atoms with van der Waals surface area (Å²) in [6.45, 7) is 1.36. The third kappa shape index (κ3) is 3.27. The van der Waals surface area contributed by atoms with Crippen LogP contribution in [0.3, 0.4) is 0 Å². The van der Waals surface area contributed by atoms with Gasteiger partial charge in [0, 0.05) is 22.9 Å². The molecule has 0 radical (unpaired) electrons. The molecule has 0 fully saturated rings. The second-order valence-corrected chi connectivity index (χ2v) is 5.79. The fraction of sp³-hybridized carbons (Fsp3) is 0.235. The number of benzene rings is 2. The molecule has 0 atom stereocenters. The summed E-state index contributed by atoms with van der Waals surface area (Å²) in [5, 5.41) is 0. The van der Waals surface area contributed by atoms with E-state index in [4.69, 9.17) is 9.47 Å². The number of aldehydes is 1. The van der Waals surface area contributed by atoms with E-state index in [2.05, 4.69) is 28.1 Å². The highest BCUT2D eigenvalue weighted by molar-refractivity contribution is 9.10. The van der Waals surface area contributed by atoms with E-state index in [0.29, 0.717) is 17.9 Å². The maximum Gasteiger partial charge on any atom is 0.151 e. The molecule has 0 aromatic heterocycles. The lowest BCUT2D eigenvalue weighted by Gasteiger charge is -2.08. The van der Waals surface area contributed by atoms with Crippen molar-refractivity contribution in [3.05, 3.63) is 57.6 Å². The van der Waals surface area contributed by atoms with Crippen molar-refractivity contribution in [1.82, 2.24) is 0 Å². The molecule has 0 aliphatic carbocycles. The molecule has 1 heterocycles. The van der Waals surface area contributed by atoms with Crippen LogP contribution in [-0.2, 0) is 12.8 Å². The average Bonchev–Trinajstić information content (AvgIpc) is 2.96. The van der Waals surface area contributed by atoms with E-state index >= 15 is 0 Å². The van der Waals surface area contributed by atoms with Gasteiger partial charge in [0.25, 0.3) is 0 Å². The van der Waals surface area contributed by atoms with Gasteiger partial charge in [-0.25, -0.2) is 0 Å². The number of ether oxygens (including phenoxy) is 2. The van der Waals surface area contributed by atoms with Crippen molar-refractivity contribution in [2.45, 2.75) is 12.8 Å². The van der Waals surface area contributed by atoms with E-state index in [-0.39, 0.29) is 0 Å². The van der Waals surface area contributed by atoms with Crippen molar-refractivity contribution in [3.63, 3.8) is 0 Å². The van der Waals surface area contributed by atoms with E-state index in [1.54, 1.807) is 6.07 Å². The lowest BCUT2D eigenvalue weighted by atomic mass is 10.1. The van der Waals surface area contributed by atoms with Gasteiger partial charge in [0.2, 0.25) is 0 Å². The molecule has 1 aliphatic rings. The Morgan fingerprint density at radius 2 is 2.14 bits per heavy atom. The van der Waals surface area contributed by atoms with Crippen molar-refractivity contribution in [1.29, 1.82) is 0 Å². The van der Waals surface area contributed by atoms with Gasteiger partial charge in [-0.3, -0.25) is 4.79 Å². The minimum Gasteiger partial charge on any atom is -0.493 e. The van der Waals surface area contributed by atoms with Crippen LogP contribution in [0, 0.1) is 0 Å². The molecular formula is C17H15BrO3. The molecule has 0 spiro atoms. The number of hydrogen-bond donors (Lipinski definition) is 0. The molecule has 1 aliphatic heterocycles. The van der Waals surface area contributed by atoms with Crippen molar-refractivity contribution in [2.24, 2.45) is 0 Å². The minimum absolute atomic E-state index is 0.583. The summed E-state index contributed by atoms with van der Waals surface area (Å²) in [7, 11) is 0. The number of fused-ring (bicyclic) bond motifs is 1. The van der Waals surface area contributed by atoms with Crippen LogP contribution < -0.4 is 9.47 Å². The quantitative estimate of drug-likeness (QED) is 0.772. The van der Waals surface area contributed by atoms with Crippen LogP contribution in [0.15, 0.2) is 40.9 Å². The summed E-state index contributed by atoms with van der Waals surface area (Å²) in [6.07, 6.45) is 2.64. The smallest absolute Gasteiger partial charge is 0.151 e. The molecule has 2 aromatic carbocycles. The molecule has 0 bridgehead atoms. The zero-order valence-electron chi connectivity index (χ0n) is 11.5. The molecule has 21 heavy (non-hydrogen) atoms. The van der Waals surface area contributed by atoms with Crippen LogP contribution in [0.2, 0.25) is 0 Å². The van der Waals surface area contributed by atoms with Gasteiger partial charge in [0.05, 0.1) is 13.2 Å². The SMILES string of the molecule is O=Cc1cc(OCCc2ccc3c(c2)CCO3)ccc1Br. The zero-order valence-corrected chi connectivity index (χ0v) is 13.1. The average molecular weight is 347 g/mol. The molecule has 0 N–H and O–H groups in total. The van der Waals surface area contributed by atoms with Gasteiger partial charge in [0.15, 0.2) is 6.29 Å². The lowest BCUT2D eigenvalue weighted by Crippen LogP contribution is -2.02. The predicted molar refractivity (Wildman–Crippen MR) is 84.4 cm³/mol. The first-order chi connectivity index (χ1) is 10.3. The molecule has 108 valence electrons. The van der Waals surface area contributed by atoms with Gasteiger partial charge in [-0.1, -0.05) is 28.1 Å². The summed E-state index contributed by atoms with van der Waals surface area (Å²) < 4.78 is 12.0. The Kier molecular flexibility index (Phi) is 4.25. The summed E-state index contributed by atoms with van der Waals surface area (Å²) in [5.74, 6) is 1.72. The van der Waals surface area contributed by atoms with Gasteiger partial charge >= 0.3 is 0 Å². The van der Waals surface area contributed by atoms with Crippen molar-refractivity contribution in [2.75, 3.05) is 13.2 Å². The second kappa shape index (κ2) is 6.31. The van der Waals surface area contributed by atoms with Crippen LogP contribution in [-0.4, -0.2) is 19.5 Å². The number of halogens is 1. The molecular weight excluding hydrogens is 332 g/mol. The monoisotopic (exact) mass is 346 g/mol. The number of hydrogen-bond acceptors (Lipinski definition) is 3. The maximum atomic E-state index is 10.9. The Hall–Kier alpha value is -1.81. The Morgan fingerprint density at radius 3 is 3.00 bits per heavy atom. The molecule has 0 unspecified atom stereocenters. The van der Waals surface area contributed by atoms with Gasteiger partial charge in [0.1, 0.15) is 11.5 Å². The van der Waals surface area contributed by atoms with Crippen LogP contribution in [0.5, 0.6) is 11.5 Å². The van der Waals surface area contributed by atoms with Gasteiger partial charge in [-0.05, 0) is 35.4 Å². The fourth-order valence-electron chi connectivity index (χ4n) is 2.38. The lowest BCUT2D eigenvalue weighted by molar-refractivity contribution is 0.112. The van der Waals surface area contributed by atoms with E-state index in [9.17, 15) is 4.79 Å². The van der Waals surface area contributed by atoms with E-state index < -0.39 is 0 Å². The largest absolute Gasteiger partial charge is 0.493 e. The number of carbonyl (C=O) groups excluding carboxylic acids is 1. The van der Waals surface area contributed by atoms with Crippen LogP contribution in [0.25, 0.3) is 0 Å². The zero-order chi connectivity index (χ0) is 14.7. The Balaban J connectivity index is 1.60. The highest BCUT2D eigenvalue weighted by atomic mass is 79.9. The molecule has 3 nitrogen and oxygen atoms in total. The van der Waals surface area contributed by atoms with Crippen molar-refractivity contribution >= 4 is 22.2 Å². The number of rotatable bonds is 5. The summed E-state index contributed by atoms with van der Waals surface area (Å²) in [6, 6.07) is 11.7. The third-order valence-electron chi connectivity index (χ3n) is 3.51. The topological polar surface area (TPSA) is 35.5 Å². The van der Waals surface area contributed by atoms with Crippen LogP contribution in [0.1, 0.15) is 21.5 Å². The first-order valence-electron chi connectivity index (χ1n) is 6.88. The van der Waals surface area contributed by atoms with E-state index in [1.807, 2.05) is 18.2 Å². The van der Waals surface area contributed by atoms with Gasteiger partial charge in [-0.15, -0.1) is 0 Å². The molecule has 0 amide bonds. The normalized spacial score (nSPS) is 12.6. The fourth-order valence-corrected chi connectivity index (χ4v) is 2.72. The van der Waals surface area contributed by atoms with E-state index in [1.165, 1.54) is 11.1 Å². The second-order valence-electron chi connectivity index (χ2n) is 4.94. The molecule has 4 heteroatoms. The van der Waals surface area contributed by atoms with Crippen molar-refractivity contribution < 1.29 is 14.3 Å². The predicted octanol–water partition coefficient (Wildman–Crippen LogP) is 3.82. The van der Waals surface area contributed by atoms with Gasteiger partial charge < -0.3 is 9.47 Å². The standard InChI is InChI=1S/C17H15BrO3/c18-16-3-2-15(10-14(16)11-19)20-7-5-12-1-4-17-13(9-12)6-8-21-17/h1-4,9-11H,5-8H2. The molecule has 0 saturated carbocycles. The maximum absolute atomic E-state index is 10.9. The minimum atomic E-state index is 0.583. The van der Waals surface area contributed by atoms with Gasteiger partial charge in [-0.2, -0.15) is 0 Å². The first-order valence-corrected chi connectivity index (χ1v) is 7.68. The van der Waals surface area contributed by atoms with Crippen LogP contribution in [0.4, 0.5) is 0 Å². The highest BCUT2D eigenvalue weighted by Gasteiger charge is 2.11. The Morgan fingerprint density at radius 1 is 1.24 bits per heavy atom. The first kappa shape index (κ1) is 14.1. The molecule has 0 saturated heterocycles. The molecule has 2 aromatic rings. The summed E-state index contributed by atoms with van der Waals surface area (Å²) >= 11 is 3.33. The van der Waals surface area contributed by atoms with E-state index in [0.717, 1.165) is 36.0 Å². The Labute approximate surface area is 132 Å². The summed E-state index contributed by atoms with van der Waals surface area (Å²) in [4.78, 5) is 10.9. The van der Waals surface area contributed by atoms with Crippen LogP contribution >= 0.6 is 15.9 Å². The third-order valence-corrected chi connectivity index (χ3v) is 4.23. The number of carbonyl (C=O) groups is 1. The van der Waals surface area contributed by atoms with Crippen molar-refractivity contribution in [3.8, 4) is 11.5 Å². The summed E-state index contributed by atoms with van der Waals surface area (Å²) in [5.41, 5.74) is 3.12. The Bertz CT molecular complexity index is 667.